The summed E-state index contributed by atoms with van der Waals surface area (Å²) in [6.45, 7) is 10.3. The Balaban J connectivity index is 1.52. The Morgan fingerprint density at radius 2 is 1.87 bits per heavy atom. The molecule has 3 saturated heterocycles. The third-order valence-electron chi connectivity index (χ3n) is 9.11. The van der Waals surface area contributed by atoms with Gasteiger partial charge in [-0.1, -0.05) is 49.8 Å². The van der Waals surface area contributed by atoms with Crippen LogP contribution in [0.3, 0.4) is 0 Å². The number of hydrogen-bond donors (Lipinski definition) is 1. The van der Waals surface area contributed by atoms with Crippen LogP contribution in [0.1, 0.15) is 73.1 Å². The maximum absolute atomic E-state index is 13.8. The van der Waals surface area contributed by atoms with Crippen molar-refractivity contribution in [3.63, 3.8) is 0 Å². The van der Waals surface area contributed by atoms with E-state index in [-0.39, 0.29) is 30.5 Å². The molecule has 208 valence electrons. The van der Waals surface area contributed by atoms with Crippen LogP contribution >= 0.6 is 0 Å². The quantitative estimate of drug-likeness (QED) is 0.360. The Morgan fingerprint density at radius 1 is 1.08 bits per heavy atom. The number of allylic oxidation sites excluding steroid dienone is 4. The molecule has 0 aromatic heterocycles. The molecule has 4 heterocycles. The SMILES string of the molecule is CC1=CC[C@@H]2C[C@@H](C[C@]3(CC[C@H](C)[C@@H](C)O3)O2)OC(=O)[C@@H]2C=C(C)C(=O)[C@H]3OCC(=CC=C[C@H](C)C1)[C@]32O. The molecule has 38 heavy (non-hydrogen) atoms. The molecule has 1 aliphatic carbocycles. The van der Waals surface area contributed by atoms with E-state index in [1.54, 1.807) is 19.1 Å². The molecule has 0 amide bonds. The predicted molar refractivity (Wildman–Crippen MR) is 142 cm³/mol. The van der Waals surface area contributed by atoms with E-state index in [0.29, 0.717) is 36.3 Å². The van der Waals surface area contributed by atoms with Crippen LogP contribution in [-0.4, -0.2) is 59.3 Å². The summed E-state index contributed by atoms with van der Waals surface area (Å²) in [5, 5.41) is 11.9. The van der Waals surface area contributed by atoms with E-state index in [1.807, 2.05) is 6.08 Å². The first-order valence-corrected chi connectivity index (χ1v) is 14.2. The average molecular weight is 527 g/mol. The van der Waals surface area contributed by atoms with Gasteiger partial charge in [0.05, 0.1) is 18.8 Å². The number of carbonyl (C=O) groups is 2. The molecule has 5 rings (SSSR count). The van der Waals surface area contributed by atoms with Crippen molar-refractivity contribution in [2.75, 3.05) is 6.61 Å². The molecule has 0 unspecified atom stereocenters. The highest BCUT2D eigenvalue weighted by Crippen LogP contribution is 2.46. The number of fused-ring (bicyclic) bond motifs is 2. The molecule has 3 fully saturated rings. The standard InChI is InChI=1S/C31H42O7/c1-18-7-6-8-23-17-35-28-27(32)21(4)14-26(31(23,28)34)29(33)36-25-15-24(10-9-19(2)13-18)38-30(16-25)12-11-20(3)22(5)37-30/h6-9,14,18,20,22,24-26,28,34H,10-13,15-17H2,1-5H3/t18-,20-,22+,24+,25-,26-,28+,30-,31+/m0/s1. The van der Waals surface area contributed by atoms with E-state index in [0.717, 1.165) is 19.3 Å². The van der Waals surface area contributed by atoms with Gasteiger partial charge < -0.3 is 24.1 Å². The largest absolute Gasteiger partial charge is 0.462 e. The third-order valence-corrected chi connectivity index (χ3v) is 9.11. The first kappa shape index (κ1) is 27.5. The lowest BCUT2D eigenvalue weighted by Crippen LogP contribution is -2.57. The van der Waals surface area contributed by atoms with Crippen molar-refractivity contribution < 1.29 is 33.6 Å². The molecular weight excluding hydrogens is 484 g/mol. The number of hydrogen-bond acceptors (Lipinski definition) is 7. The zero-order valence-electron chi connectivity index (χ0n) is 23.3. The van der Waals surface area contributed by atoms with Gasteiger partial charge in [0.2, 0.25) is 0 Å². The van der Waals surface area contributed by atoms with Crippen LogP contribution in [-0.2, 0) is 28.5 Å². The van der Waals surface area contributed by atoms with Gasteiger partial charge in [0.25, 0.3) is 0 Å². The van der Waals surface area contributed by atoms with Crippen LogP contribution in [0.5, 0.6) is 0 Å². The molecule has 1 spiro atoms. The first-order valence-electron chi connectivity index (χ1n) is 14.2. The number of aliphatic hydroxyl groups is 1. The zero-order valence-corrected chi connectivity index (χ0v) is 23.3. The monoisotopic (exact) mass is 526 g/mol. The molecule has 0 aromatic carbocycles. The first-order chi connectivity index (χ1) is 18.0. The number of carbonyl (C=O) groups excluding carboxylic acids is 2. The highest BCUT2D eigenvalue weighted by Gasteiger charge is 2.60. The summed E-state index contributed by atoms with van der Waals surface area (Å²) < 4.78 is 25.0. The summed E-state index contributed by atoms with van der Waals surface area (Å²) in [4.78, 5) is 26.7. The van der Waals surface area contributed by atoms with Crippen LogP contribution in [0, 0.1) is 17.8 Å². The van der Waals surface area contributed by atoms with Gasteiger partial charge in [0, 0.05) is 19.3 Å². The summed E-state index contributed by atoms with van der Waals surface area (Å²) in [6, 6.07) is 0. The van der Waals surface area contributed by atoms with Crippen LogP contribution in [0.25, 0.3) is 0 Å². The van der Waals surface area contributed by atoms with E-state index in [4.69, 9.17) is 18.9 Å². The topological polar surface area (TPSA) is 91.3 Å². The minimum absolute atomic E-state index is 0.0429. The molecule has 1 N–H and O–H groups in total. The Hall–Kier alpha value is -2.06. The molecule has 9 atom stereocenters. The molecule has 2 bridgehead atoms. The number of ether oxygens (including phenoxy) is 4. The van der Waals surface area contributed by atoms with Gasteiger partial charge in [-0.2, -0.15) is 0 Å². The second-order valence-corrected chi connectivity index (χ2v) is 12.2. The molecule has 7 nitrogen and oxygen atoms in total. The Labute approximate surface area is 225 Å². The highest BCUT2D eigenvalue weighted by molar-refractivity contribution is 6.03. The van der Waals surface area contributed by atoms with Gasteiger partial charge >= 0.3 is 5.97 Å². The van der Waals surface area contributed by atoms with Gasteiger partial charge in [-0.3, -0.25) is 9.59 Å². The zero-order chi connectivity index (χ0) is 27.2. The van der Waals surface area contributed by atoms with Crippen molar-refractivity contribution in [3.05, 3.63) is 47.1 Å². The van der Waals surface area contributed by atoms with E-state index in [1.165, 1.54) is 5.57 Å². The number of ketones is 1. The Morgan fingerprint density at radius 3 is 2.63 bits per heavy atom. The summed E-state index contributed by atoms with van der Waals surface area (Å²) in [5.41, 5.74) is 0.416. The molecule has 5 aliphatic rings. The van der Waals surface area contributed by atoms with Gasteiger partial charge in [-0.25, -0.2) is 0 Å². The van der Waals surface area contributed by atoms with Crippen LogP contribution in [0.15, 0.2) is 47.1 Å². The average Bonchev–Trinajstić information content (AvgIpc) is 3.19. The van der Waals surface area contributed by atoms with Crippen LogP contribution < -0.4 is 0 Å². The second kappa shape index (κ2) is 10.5. The third kappa shape index (κ3) is 5.10. The second-order valence-electron chi connectivity index (χ2n) is 12.2. The van der Waals surface area contributed by atoms with Gasteiger partial charge in [0.15, 0.2) is 17.7 Å². The lowest BCUT2D eigenvalue weighted by atomic mass is 9.71. The van der Waals surface area contributed by atoms with Crippen LogP contribution in [0.4, 0.5) is 0 Å². The fraction of sp³-hybridized carbons (Fsp3) is 0.677. The molecule has 0 aromatic rings. The molecular formula is C31H42O7. The van der Waals surface area contributed by atoms with Gasteiger partial charge in [-0.05, 0) is 63.0 Å². The van der Waals surface area contributed by atoms with Crippen molar-refractivity contribution in [1.82, 2.24) is 0 Å². The molecule has 0 saturated carbocycles. The summed E-state index contributed by atoms with van der Waals surface area (Å²) in [5.74, 6) is -1.97. The fourth-order valence-electron chi connectivity index (χ4n) is 6.70. The van der Waals surface area contributed by atoms with E-state index in [2.05, 4.69) is 39.8 Å². The van der Waals surface area contributed by atoms with Crippen molar-refractivity contribution in [1.29, 1.82) is 0 Å². The van der Waals surface area contributed by atoms with Crippen molar-refractivity contribution in [2.24, 2.45) is 17.8 Å². The van der Waals surface area contributed by atoms with E-state index in [9.17, 15) is 14.7 Å². The molecule has 7 heteroatoms. The number of Topliss-reactive ketones (excluding diaryl/α,β-unsaturated/α-hetero) is 1. The maximum Gasteiger partial charge on any atom is 0.316 e. The predicted octanol–water partition coefficient (Wildman–Crippen LogP) is 4.74. The molecule has 4 aliphatic heterocycles. The minimum atomic E-state index is -1.78. The summed E-state index contributed by atoms with van der Waals surface area (Å²) in [6.07, 6.45) is 12.2. The minimum Gasteiger partial charge on any atom is -0.462 e. The lowest BCUT2D eigenvalue weighted by molar-refractivity contribution is -0.332. The Kier molecular flexibility index (Phi) is 7.59. The normalized spacial score (nSPS) is 44.2. The summed E-state index contributed by atoms with van der Waals surface area (Å²) in [7, 11) is 0. The van der Waals surface area contributed by atoms with Crippen LogP contribution in [0.2, 0.25) is 0 Å². The number of rotatable bonds is 0. The van der Waals surface area contributed by atoms with E-state index < -0.39 is 35.5 Å². The van der Waals surface area contributed by atoms with Gasteiger partial charge in [0.1, 0.15) is 17.6 Å². The Bertz CT molecular complexity index is 1090. The van der Waals surface area contributed by atoms with E-state index >= 15 is 0 Å². The van der Waals surface area contributed by atoms with Crippen molar-refractivity contribution in [3.8, 4) is 0 Å². The van der Waals surface area contributed by atoms with Crippen molar-refractivity contribution in [2.45, 2.75) is 109 Å². The lowest BCUT2D eigenvalue weighted by Gasteiger charge is -2.49. The van der Waals surface area contributed by atoms with Crippen molar-refractivity contribution >= 4 is 11.8 Å². The number of esters is 1. The molecule has 0 radical (unpaired) electrons. The fourth-order valence-corrected chi connectivity index (χ4v) is 6.70. The smallest absolute Gasteiger partial charge is 0.316 e. The maximum atomic E-state index is 13.8. The van der Waals surface area contributed by atoms with Gasteiger partial charge in [-0.15, -0.1) is 0 Å². The highest BCUT2D eigenvalue weighted by atomic mass is 16.7. The summed E-state index contributed by atoms with van der Waals surface area (Å²) >= 11 is 0.